The van der Waals surface area contributed by atoms with Gasteiger partial charge in [0.15, 0.2) is 0 Å². The summed E-state index contributed by atoms with van der Waals surface area (Å²) in [6.07, 6.45) is 4.01. The summed E-state index contributed by atoms with van der Waals surface area (Å²) in [6, 6.07) is -0.463. The minimum Gasteiger partial charge on any atom is -0.449 e. The Morgan fingerprint density at radius 3 is 2.32 bits per heavy atom. The van der Waals surface area contributed by atoms with Crippen LogP contribution in [-0.4, -0.2) is 67.2 Å². The first kappa shape index (κ1) is 18.7. The molecule has 0 bridgehead atoms. The second-order valence-electron chi connectivity index (χ2n) is 5.67. The van der Waals surface area contributed by atoms with E-state index in [4.69, 9.17) is 16.2 Å². The van der Waals surface area contributed by atoms with Gasteiger partial charge in [0, 0.05) is 26.2 Å². The molecule has 1 atom stereocenters. The fourth-order valence-electron chi connectivity index (χ4n) is 2.37. The largest absolute Gasteiger partial charge is 0.449 e. The summed E-state index contributed by atoms with van der Waals surface area (Å²) in [5.41, 5.74) is 11.4. The summed E-state index contributed by atoms with van der Waals surface area (Å²) >= 11 is 0. The number of carbonyl (C=O) groups is 2. The number of amides is 2. The molecule has 2 amide bonds. The van der Waals surface area contributed by atoms with Gasteiger partial charge in [-0.1, -0.05) is 19.8 Å². The molecule has 1 heterocycles. The first-order chi connectivity index (χ1) is 10.6. The molecule has 0 aromatic carbocycles. The van der Waals surface area contributed by atoms with Gasteiger partial charge >= 0.3 is 6.09 Å². The Hall–Kier alpha value is -1.34. The molecule has 22 heavy (non-hydrogen) atoms. The van der Waals surface area contributed by atoms with Crippen molar-refractivity contribution in [2.45, 2.75) is 45.1 Å². The van der Waals surface area contributed by atoms with E-state index in [9.17, 15) is 9.59 Å². The van der Waals surface area contributed by atoms with Crippen molar-refractivity contribution < 1.29 is 14.3 Å². The topological polar surface area (TPSA) is 102 Å². The number of ether oxygens (including phenoxy) is 1. The van der Waals surface area contributed by atoms with Crippen LogP contribution in [0.2, 0.25) is 0 Å². The zero-order valence-electron chi connectivity index (χ0n) is 13.6. The van der Waals surface area contributed by atoms with Gasteiger partial charge < -0.3 is 26.0 Å². The lowest BCUT2D eigenvalue weighted by atomic mass is 10.1. The predicted molar refractivity (Wildman–Crippen MR) is 85.3 cm³/mol. The number of rotatable bonds is 8. The van der Waals surface area contributed by atoms with E-state index < -0.39 is 6.04 Å². The fraction of sp³-hybridized carbons (Fsp3) is 0.867. The first-order valence-corrected chi connectivity index (χ1v) is 8.26. The van der Waals surface area contributed by atoms with E-state index >= 15 is 0 Å². The summed E-state index contributed by atoms with van der Waals surface area (Å²) in [5, 5.41) is 0. The summed E-state index contributed by atoms with van der Waals surface area (Å²) in [7, 11) is 0. The molecule has 0 aromatic heterocycles. The van der Waals surface area contributed by atoms with Crippen molar-refractivity contribution >= 4 is 12.0 Å². The summed E-state index contributed by atoms with van der Waals surface area (Å²) in [4.78, 5) is 27.4. The molecule has 0 saturated carbocycles. The number of nitrogens with two attached hydrogens (primary N) is 2. The lowest BCUT2D eigenvalue weighted by Crippen LogP contribution is -2.54. The molecule has 0 unspecified atom stereocenters. The first-order valence-electron chi connectivity index (χ1n) is 8.26. The van der Waals surface area contributed by atoms with Crippen LogP contribution in [0.15, 0.2) is 0 Å². The Morgan fingerprint density at radius 1 is 1.09 bits per heavy atom. The van der Waals surface area contributed by atoms with Gasteiger partial charge in [-0.3, -0.25) is 4.79 Å². The summed E-state index contributed by atoms with van der Waals surface area (Å²) < 4.78 is 5.18. The monoisotopic (exact) mass is 314 g/mol. The molecule has 1 rings (SSSR count). The normalized spacial score (nSPS) is 16.5. The molecule has 0 spiro atoms. The smallest absolute Gasteiger partial charge is 0.409 e. The van der Waals surface area contributed by atoms with Crippen LogP contribution in [-0.2, 0) is 9.53 Å². The van der Waals surface area contributed by atoms with E-state index in [2.05, 4.69) is 6.92 Å². The van der Waals surface area contributed by atoms with Gasteiger partial charge in [0.2, 0.25) is 5.91 Å². The molecule has 4 N–H and O–H groups in total. The zero-order valence-corrected chi connectivity index (χ0v) is 13.6. The van der Waals surface area contributed by atoms with Crippen molar-refractivity contribution in [2.24, 2.45) is 11.5 Å². The Bertz CT molecular complexity index is 344. The molecule has 0 radical (unpaired) electrons. The van der Waals surface area contributed by atoms with Crippen molar-refractivity contribution in [1.29, 1.82) is 0 Å². The lowest BCUT2D eigenvalue weighted by molar-refractivity contribution is -0.134. The third-order valence-corrected chi connectivity index (χ3v) is 3.86. The van der Waals surface area contributed by atoms with E-state index in [0.29, 0.717) is 45.8 Å². The van der Waals surface area contributed by atoms with Crippen LogP contribution < -0.4 is 11.5 Å². The van der Waals surface area contributed by atoms with Gasteiger partial charge in [0.1, 0.15) is 0 Å². The number of nitrogens with zero attached hydrogens (tertiary/aromatic N) is 2. The predicted octanol–water partition coefficient (Wildman–Crippen LogP) is 0.524. The molecule has 1 aliphatic rings. The van der Waals surface area contributed by atoms with E-state index in [-0.39, 0.29) is 12.0 Å². The fourth-order valence-corrected chi connectivity index (χ4v) is 2.37. The second kappa shape index (κ2) is 10.4. The third-order valence-electron chi connectivity index (χ3n) is 3.86. The van der Waals surface area contributed by atoms with Crippen molar-refractivity contribution in [3.63, 3.8) is 0 Å². The average molecular weight is 314 g/mol. The lowest BCUT2D eigenvalue weighted by Gasteiger charge is -2.35. The standard InChI is InChI=1S/C15H30N4O3/c1-2-3-12-22-15(21)19-10-8-18(9-11-19)14(20)13(17)6-4-5-7-16/h13H,2-12,16-17H2,1H3/t13-/m0/s1. The average Bonchev–Trinajstić information content (AvgIpc) is 2.54. The summed E-state index contributed by atoms with van der Waals surface area (Å²) in [5.74, 6) is -0.0315. The highest BCUT2D eigenvalue weighted by Gasteiger charge is 2.27. The quantitative estimate of drug-likeness (QED) is 0.636. The maximum absolute atomic E-state index is 12.2. The van der Waals surface area contributed by atoms with E-state index in [1.165, 1.54) is 0 Å². The SMILES string of the molecule is CCCCOC(=O)N1CCN(C(=O)[C@@H](N)CCCCN)CC1. The molecule has 128 valence electrons. The highest BCUT2D eigenvalue weighted by molar-refractivity contribution is 5.82. The van der Waals surface area contributed by atoms with E-state index in [1.807, 2.05) is 0 Å². The molecule has 7 nitrogen and oxygen atoms in total. The van der Waals surface area contributed by atoms with Gasteiger partial charge in [0.05, 0.1) is 12.6 Å². The Kier molecular flexibility index (Phi) is 8.84. The maximum atomic E-state index is 12.2. The summed E-state index contributed by atoms with van der Waals surface area (Å²) in [6.45, 7) is 5.19. The number of hydrogen-bond donors (Lipinski definition) is 2. The maximum Gasteiger partial charge on any atom is 0.409 e. The minimum absolute atomic E-state index is 0.0315. The zero-order chi connectivity index (χ0) is 16.4. The van der Waals surface area contributed by atoms with Crippen molar-refractivity contribution in [2.75, 3.05) is 39.3 Å². The minimum atomic E-state index is -0.463. The van der Waals surface area contributed by atoms with Gasteiger partial charge in [-0.2, -0.15) is 0 Å². The molecule has 1 saturated heterocycles. The van der Waals surface area contributed by atoms with E-state index in [0.717, 1.165) is 25.7 Å². The Labute approximate surface area is 132 Å². The molecular weight excluding hydrogens is 284 g/mol. The van der Waals surface area contributed by atoms with Gasteiger partial charge in [-0.15, -0.1) is 0 Å². The van der Waals surface area contributed by atoms with Gasteiger partial charge in [-0.05, 0) is 25.8 Å². The highest BCUT2D eigenvalue weighted by atomic mass is 16.6. The van der Waals surface area contributed by atoms with Crippen LogP contribution in [0.3, 0.4) is 0 Å². The van der Waals surface area contributed by atoms with Gasteiger partial charge in [0.25, 0.3) is 0 Å². The van der Waals surface area contributed by atoms with E-state index in [1.54, 1.807) is 9.80 Å². The van der Waals surface area contributed by atoms with Crippen molar-refractivity contribution in [1.82, 2.24) is 9.80 Å². The number of unbranched alkanes of at least 4 members (excludes halogenated alkanes) is 2. The van der Waals surface area contributed by atoms with Crippen molar-refractivity contribution in [3.05, 3.63) is 0 Å². The number of piperazine rings is 1. The van der Waals surface area contributed by atoms with Crippen LogP contribution in [0.4, 0.5) is 4.79 Å². The van der Waals surface area contributed by atoms with Crippen LogP contribution in [0, 0.1) is 0 Å². The van der Waals surface area contributed by atoms with Crippen LogP contribution >= 0.6 is 0 Å². The van der Waals surface area contributed by atoms with Crippen LogP contribution in [0.25, 0.3) is 0 Å². The second-order valence-corrected chi connectivity index (χ2v) is 5.67. The molecule has 0 aromatic rings. The molecular formula is C15H30N4O3. The van der Waals surface area contributed by atoms with Crippen LogP contribution in [0.1, 0.15) is 39.0 Å². The highest BCUT2D eigenvalue weighted by Crippen LogP contribution is 2.08. The molecule has 1 fully saturated rings. The number of hydrogen-bond acceptors (Lipinski definition) is 5. The number of carbonyl (C=O) groups excluding carboxylic acids is 2. The third kappa shape index (κ3) is 6.19. The van der Waals surface area contributed by atoms with Crippen LogP contribution in [0.5, 0.6) is 0 Å². The molecule has 0 aliphatic carbocycles. The molecule has 7 heteroatoms. The van der Waals surface area contributed by atoms with Crippen molar-refractivity contribution in [3.8, 4) is 0 Å². The Morgan fingerprint density at radius 2 is 1.73 bits per heavy atom. The Balaban J connectivity index is 2.28. The molecule has 1 aliphatic heterocycles. The van der Waals surface area contributed by atoms with Gasteiger partial charge in [-0.25, -0.2) is 4.79 Å².